The fourth-order valence-corrected chi connectivity index (χ4v) is 1.94. The molecule has 0 bridgehead atoms. The molecule has 3 rings (SSSR count). The Bertz CT molecular complexity index is 757. The first-order valence-corrected chi connectivity index (χ1v) is 5.75. The number of hydrogen-bond donors (Lipinski definition) is 3. The molecule has 0 atom stereocenters. The normalized spacial score (nSPS) is 10.8. The summed E-state index contributed by atoms with van der Waals surface area (Å²) in [5.41, 5.74) is 7.72. The van der Waals surface area contributed by atoms with Crippen LogP contribution in [-0.2, 0) is 0 Å². The third kappa shape index (κ3) is 2.03. The second-order valence-electron chi connectivity index (χ2n) is 4.28. The summed E-state index contributed by atoms with van der Waals surface area (Å²) in [6.45, 7) is 1.76. The van der Waals surface area contributed by atoms with Crippen LogP contribution in [0.4, 0.5) is 11.5 Å². The number of nitrogen functional groups attached to an aromatic ring is 1. The topological polar surface area (TPSA) is 96.9 Å². The zero-order chi connectivity index (χ0) is 13.4. The smallest absolute Gasteiger partial charge is 0.259 e. The van der Waals surface area contributed by atoms with Crippen molar-refractivity contribution in [1.29, 1.82) is 0 Å². The Hall–Kier alpha value is -2.76. The van der Waals surface area contributed by atoms with E-state index in [1.165, 1.54) is 0 Å². The highest BCUT2D eigenvalue weighted by molar-refractivity contribution is 6.12. The molecule has 96 valence electrons. The fraction of sp³-hybridized carbons (Fsp3) is 0.0769. The van der Waals surface area contributed by atoms with Gasteiger partial charge in [0.1, 0.15) is 5.76 Å². The summed E-state index contributed by atoms with van der Waals surface area (Å²) in [5.74, 6) is 0.768. The van der Waals surface area contributed by atoms with E-state index in [4.69, 9.17) is 10.3 Å². The molecule has 6 nitrogen and oxygen atoms in total. The molecule has 2 heterocycles. The van der Waals surface area contributed by atoms with Gasteiger partial charge >= 0.3 is 0 Å². The average molecular weight is 256 g/mol. The molecule has 0 aliphatic heterocycles. The van der Waals surface area contributed by atoms with Crippen LogP contribution in [0.25, 0.3) is 10.9 Å². The van der Waals surface area contributed by atoms with Crippen LogP contribution in [0.3, 0.4) is 0 Å². The molecule has 6 heteroatoms. The summed E-state index contributed by atoms with van der Waals surface area (Å²) in [5, 5.41) is 7.17. The van der Waals surface area contributed by atoms with Crippen molar-refractivity contribution in [3.63, 3.8) is 0 Å². The molecule has 4 N–H and O–H groups in total. The van der Waals surface area contributed by atoms with E-state index < -0.39 is 0 Å². The van der Waals surface area contributed by atoms with Crippen LogP contribution in [0, 0.1) is 6.92 Å². The average Bonchev–Trinajstić information content (AvgIpc) is 2.95. The van der Waals surface area contributed by atoms with Gasteiger partial charge in [-0.3, -0.25) is 4.79 Å². The lowest BCUT2D eigenvalue weighted by atomic mass is 10.1. The maximum atomic E-state index is 12.2. The Morgan fingerprint density at radius 1 is 1.42 bits per heavy atom. The number of aryl methyl sites for hydroxylation is 1. The largest absolute Gasteiger partial charge is 0.399 e. The van der Waals surface area contributed by atoms with E-state index in [2.05, 4.69) is 15.5 Å². The minimum atomic E-state index is -0.259. The molecular formula is C13H12N4O2. The minimum absolute atomic E-state index is 0.259. The number of H-pyrrole nitrogens is 1. The maximum absolute atomic E-state index is 12.2. The molecule has 19 heavy (non-hydrogen) atoms. The second kappa shape index (κ2) is 4.16. The Labute approximate surface area is 108 Å². The van der Waals surface area contributed by atoms with Crippen molar-refractivity contribution in [2.75, 3.05) is 11.1 Å². The first kappa shape index (κ1) is 11.3. The minimum Gasteiger partial charge on any atom is -0.399 e. The maximum Gasteiger partial charge on any atom is 0.259 e. The lowest BCUT2D eigenvalue weighted by Gasteiger charge is -2.00. The number of amides is 1. The van der Waals surface area contributed by atoms with Crippen molar-refractivity contribution in [3.8, 4) is 0 Å². The second-order valence-corrected chi connectivity index (χ2v) is 4.28. The van der Waals surface area contributed by atoms with Crippen molar-refractivity contribution in [2.24, 2.45) is 0 Å². The molecule has 1 aromatic carbocycles. The summed E-state index contributed by atoms with van der Waals surface area (Å²) >= 11 is 0. The van der Waals surface area contributed by atoms with Crippen molar-refractivity contribution < 1.29 is 9.32 Å². The number of carbonyl (C=O) groups excluding carboxylic acids is 1. The van der Waals surface area contributed by atoms with Gasteiger partial charge in [-0.1, -0.05) is 5.16 Å². The molecule has 0 saturated heterocycles. The van der Waals surface area contributed by atoms with Crippen LogP contribution < -0.4 is 11.1 Å². The molecule has 0 aliphatic carbocycles. The van der Waals surface area contributed by atoms with Crippen molar-refractivity contribution in [3.05, 3.63) is 41.8 Å². The molecule has 0 unspecified atom stereocenters. The number of anilines is 2. The lowest BCUT2D eigenvalue weighted by molar-refractivity contribution is 0.102. The fourth-order valence-electron chi connectivity index (χ4n) is 1.94. The van der Waals surface area contributed by atoms with Gasteiger partial charge < -0.3 is 20.6 Å². The number of carbonyl (C=O) groups is 1. The predicted molar refractivity (Wildman–Crippen MR) is 71.9 cm³/mol. The van der Waals surface area contributed by atoms with E-state index in [0.717, 1.165) is 10.9 Å². The summed E-state index contributed by atoms with van der Waals surface area (Å²) in [6.07, 6.45) is 1.65. The number of fused-ring (bicyclic) bond motifs is 1. The van der Waals surface area contributed by atoms with Crippen LogP contribution in [-0.4, -0.2) is 16.0 Å². The molecule has 0 aliphatic rings. The van der Waals surface area contributed by atoms with E-state index in [1.54, 1.807) is 31.3 Å². The van der Waals surface area contributed by atoms with Crippen LogP contribution in [0.15, 0.2) is 35.0 Å². The zero-order valence-corrected chi connectivity index (χ0v) is 10.2. The number of rotatable bonds is 2. The third-order valence-electron chi connectivity index (χ3n) is 2.82. The molecule has 1 amide bonds. The van der Waals surface area contributed by atoms with Gasteiger partial charge in [0.25, 0.3) is 5.91 Å². The third-order valence-corrected chi connectivity index (χ3v) is 2.82. The highest BCUT2D eigenvalue weighted by Crippen LogP contribution is 2.22. The number of aromatic nitrogens is 2. The monoisotopic (exact) mass is 256 g/mol. The lowest BCUT2D eigenvalue weighted by Crippen LogP contribution is -2.11. The molecule has 2 aromatic heterocycles. The van der Waals surface area contributed by atoms with Crippen LogP contribution in [0.2, 0.25) is 0 Å². The number of nitrogens with two attached hydrogens (primary N) is 1. The van der Waals surface area contributed by atoms with Gasteiger partial charge in [0, 0.05) is 28.9 Å². The summed E-state index contributed by atoms with van der Waals surface area (Å²) in [7, 11) is 0. The van der Waals surface area contributed by atoms with Gasteiger partial charge in [0.05, 0.1) is 5.56 Å². The molecule has 3 aromatic rings. The summed E-state index contributed by atoms with van der Waals surface area (Å²) in [4.78, 5) is 15.2. The van der Waals surface area contributed by atoms with E-state index in [1.807, 2.05) is 6.07 Å². The highest BCUT2D eigenvalue weighted by atomic mass is 16.5. The Balaban J connectivity index is 1.95. The molecule has 0 saturated carbocycles. The zero-order valence-electron chi connectivity index (χ0n) is 10.2. The van der Waals surface area contributed by atoms with Gasteiger partial charge in [-0.05, 0) is 25.1 Å². The highest BCUT2D eigenvalue weighted by Gasteiger charge is 2.13. The van der Waals surface area contributed by atoms with E-state index in [0.29, 0.717) is 22.8 Å². The molecule has 0 spiro atoms. The molecule has 0 radical (unpaired) electrons. The van der Waals surface area contributed by atoms with E-state index in [-0.39, 0.29) is 5.91 Å². The van der Waals surface area contributed by atoms with Crippen LogP contribution in [0.1, 0.15) is 16.1 Å². The van der Waals surface area contributed by atoms with Crippen molar-refractivity contribution in [2.45, 2.75) is 6.92 Å². The van der Waals surface area contributed by atoms with Crippen molar-refractivity contribution in [1.82, 2.24) is 10.1 Å². The number of nitrogens with one attached hydrogen (secondary N) is 2. The molecular weight excluding hydrogens is 244 g/mol. The van der Waals surface area contributed by atoms with Crippen molar-refractivity contribution >= 4 is 28.3 Å². The number of aromatic amines is 1. The summed E-state index contributed by atoms with van der Waals surface area (Å²) in [6, 6.07) is 7.03. The van der Waals surface area contributed by atoms with Gasteiger partial charge in [-0.15, -0.1) is 0 Å². The Kier molecular flexibility index (Phi) is 2.49. The van der Waals surface area contributed by atoms with Gasteiger partial charge in [-0.2, -0.15) is 0 Å². The number of nitrogens with zero attached hydrogens (tertiary/aromatic N) is 1. The van der Waals surface area contributed by atoms with Crippen LogP contribution in [0.5, 0.6) is 0 Å². The van der Waals surface area contributed by atoms with E-state index in [9.17, 15) is 4.79 Å². The van der Waals surface area contributed by atoms with Crippen LogP contribution >= 0.6 is 0 Å². The SMILES string of the molecule is Cc1cc(NC(=O)c2c[nH]c3ccc(N)cc23)no1. The van der Waals surface area contributed by atoms with Gasteiger partial charge in [0.15, 0.2) is 5.82 Å². The standard InChI is InChI=1S/C13H12N4O2/c1-7-4-12(17-19-7)16-13(18)10-6-15-11-3-2-8(14)5-9(10)11/h2-6,15H,14H2,1H3,(H,16,17,18). The number of benzene rings is 1. The predicted octanol–water partition coefficient (Wildman–Crippen LogP) is 2.30. The number of hydrogen-bond acceptors (Lipinski definition) is 4. The Morgan fingerprint density at radius 2 is 2.26 bits per heavy atom. The molecule has 0 fully saturated rings. The Morgan fingerprint density at radius 3 is 3.00 bits per heavy atom. The summed E-state index contributed by atoms with van der Waals surface area (Å²) < 4.78 is 4.90. The quantitative estimate of drug-likeness (QED) is 0.613. The first-order chi connectivity index (χ1) is 9.13. The first-order valence-electron chi connectivity index (χ1n) is 5.75. The van der Waals surface area contributed by atoms with Gasteiger partial charge in [0.2, 0.25) is 0 Å². The van der Waals surface area contributed by atoms with E-state index >= 15 is 0 Å². The van der Waals surface area contributed by atoms with Gasteiger partial charge in [-0.25, -0.2) is 0 Å².